The highest BCUT2D eigenvalue weighted by Gasteiger charge is 2.03. The van der Waals surface area contributed by atoms with Gasteiger partial charge in [-0.25, -0.2) is 4.39 Å². The number of hydrogen-bond donors (Lipinski definition) is 1. The van der Waals surface area contributed by atoms with E-state index in [0.29, 0.717) is 19.7 Å². The minimum absolute atomic E-state index is 0.207. The van der Waals surface area contributed by atoms with Crippen LogP contribution in [0.15, 0.2) is 78.9 Å². The van der Waals surface area contributed by atoms with Gasteiger partial charge in [0.05, 0.1) is 6.61 Å². The predicted octanol–water partition coefficient (Wildman–Crippen LogP) is 4.74. The van der Waals surface area contributed by atoms with Gasteiger partial charge in [0.2, 0.25) is 0 Å². The highest BCUT2D eigenvalue weighted by molar-refractivity contribution is 5.33. The lowest BCUT2D eigenvalue weighted by Gasteiger charge is -2.12. The third kappa shape index (κ3) is 5.44. The molecule has 0 aromatic heterocycles. The molecule has 3 aromatic rings. The van der Waals surface area contributed by atoms with Crippen molar-refractivity contribution >= 4 is 0 Å². The maximum absolute atomic E-state index is 12.9. The summed E-state index contributed by atoms with van der Waals surface area (Å²) in [6, 6.07) is 25.0. The molecule has 0 saturated heterocycles. The zero-order valence-corrected chi connectivity index (χ0v) is 14.1. The van der Waals surface area contributed by atoms with Gasteiger partial charge in [-0.05, 0) is 29.3 Å². The molecule has 0 radical (unpaired) electrons. The second-order valence-electron chi connectivity index (χ2n) is 5.92. The summed E-state index contributed by atoms with van der Waals surface area (Å²) in [6.07, 6.45) is 0.887. The van der Waals surface area contributed by atoms with Gasteiger partial charge in [0.1, 0.15) is 11.6 Å². The third-order valence-electron chi connectivity index (χ3n) is 4.02. The maximum Gasteiger partial charge on any atom is 0.123 e. The summed E-state index contributed by atoms with van der Waals surface area (Å²) in [5.41, 5.74) is 3.45. The van der Waals surface area contributed by atoms with E-state index in [9.17, 15) is 4.39 Å². The maximum atomic E-state index is 12.9. The molecule has 2 nitrogen and oxygen atoms in total. The Morgan fingerprint density at radius 3 is 2.24 bits per heavy atom. The van der Waals surface area contributed by atoms with Crippen LogP contribution in [0.25, 0.3) is 0 Å². The molecule has 0 bridgehead atoms. The van der Waals surface area contributed by atoms with Gasteiger partial charge in [0.25, 0.3) is 0 Å². The van der Waals surface area contributed by atoms with E-state index in [0.717, 1.165) is 23.3 Å². The molecule has 3 heteroatoms. The minimum atomic E-state index is -0.207. The van der Waals surface area contributed by atoms with Gasteiger partial charge in [-0.1, -0.05) is 60.7 Å². The normalized spacial score (nSPS) is 10.6. The molecule has 0 fully saturated rings. The summed E-state index contributed by atoms with van der Waals surface area (Å²) >= 11 is 0. The number of benzene rings is 3. The van der Waals surface area contributed by atoms with Crippen molar-refractivity contribution in [3.05, 3.63) is 101 Å². The first-order chi connectivity index (χ1) is 12.3. The van der Waals surface area contributed by atoms with Crippen LogP contribution in [-0.4, -0.2) is 6.61 Å². The molecule has 0 atom stereocenters. The van der Waals surface area contributed by atoms with Crippen molar-refractivity contribution in [3.8, 4) is 5.75 Å². The Morgan fingerprint density at radius 1 is 0.720 bits per heavy atom. The Labute approximate surface area is 148 Å². The fraction of sp³-hybridized carbons (Fsp3) is 0.182. The first-order valence-corrected chi connectivity index (χ1v) is 8.51. The number of rotatable bonds is 8. The van der Waals surface area contributed by atoms with Gasteiger partial charge in [0, 0.05) is 25.1 Å². The molecular formula is C22H22FNO. The van der Waals surface area contributed by atoms with Crippen molar-refractivity contribution in [2.24, 2.45) is 0 Å². The fourth-order valence-electron chi connectivity index (χ4n) is 2.66. The van der Waals surface area contributed by atoms with Crippen LogP contribution in [0.1, 0.15) is 16.7 Å². The van der Waals surface area contributed by atoms with E-state index in [1.165, 1.54) is 17.7 Å². The summed E-state index contributed by atoms with van der Waals surface area (Å²) in [5.74, 6) is 0.700. The van der Waals surface area contributed by atoms with Crippen molar-refractivity contribution in [3.63, 3.8) is 0 Å². The Kier molecular flexibility index (Phi) is 6.18. The van der Waals surface area contributed by atoms with Gasteiger partial charge in [-0.15, -0.1) is 0 Å². The van der Waals surface area contributed by atoms with E-state index in [-0.39, 0.29) is 5.82 Å². The quantitative estimate of drug-likeness (QED) is 0.642. The standard InChI is InChI=1S/C22H22FNO/c23-21-12-10-19(11-13-21)16-24-17-20-8-4-5-9-22(20)25-15-14-18-6-2-1-3-7-18/h1-13,24H,14-17H2. The first-order valence-electron chi connectivity index (χ1n) is 8.51. The van der Waals surface area contributed by atoms with Crippen LogP contribution in [0.5, 0.6) is 5.75 Å². The topological polar surface area (TPSA) is 21.3 Å². The van der Waals surface area contributed by atoms with E-state index < -0.39 is 0 Å². The van der Waals surface area contributed by atoms with Crippen LogP contribution >= 0.6 is 0 Å². The Morgan fingerprint density at radius 2 is 1.44 bits per heavy atom. The van der Waals surface area contributed by atoms with E-state index in [2.05, 4.69) is 23.5 Å². The molecule has 0 aliphatic rings. The highest BCUT2D eigenvalue weighted by atomic mass is 19.1. The molecule has 3 aromatic carbocycles. The molecule has 0 heterocycles. The lowest BCUT2D eigenvalue weighted by molar-refractivity contribution is 0.317. The van der Waals surface area contributed by atoms with Crippen LogP contribution in [0.2, 0.25) is 0 Å². The third-order valence-corrected chi connectivity index (χ3v) is 4.02. The van der Waals surface area contributed by atoms with Crippen molar-refractivity contribution in [2.75, 3.05) is 6.61 Å². The van der Waals surface area contributed by atoms with Crippen molar-refractivity contribution in [1.29, 1.82) is 0 Å². The van der Waals surface area contributed by atoms with Gasteiger partial charge in [-0.3, -0.25) is 0 Å². The molecule has 25 heavy (non-hydrogen) atoms. The van der Waals surface area contributed by atoms with Crippen molar-refractivity contribution in [1.82, 2.24) is 5.32 Å². The number of ether oxygens (including phenoxy) is 1. The fourth-order valence-corrected chi connectivity index (χ4v) is 2.66. The SMILES string of the molecule is Fc1ccc(CNCc2ccccc2OCCc2ccccc2)cc1. The van der Waals surface area contributed by atoms with E-state index in [4.69, 9.17) is 4.74 Å². The predicted molar refractivity (Wildman–Crippen MR) is 99.0 cm³/mol. The number of halogens is 1. The molecule has 0 aliphatic carbocycles. The summed E-state index contributed by atoms with van der Waals surface area (Å²) in [4.78, 5) is 0. The molecule has 128 valence electrons. The van der Waals surface area contributed by atoms with Gasteiger partial charge >= 0.3 is 0 Å². The number of para-hydroxylation sites is 1. The van der Waals surface area contributed by atoms with Crippen LogP contribution in [-0.2, 0) is 19.5 Å². The Hall–Kier alpha value is -2.65. The van der Waals surface area contributed by atoms with Gasteiger partial charge < -0.3 is 10.1 Å². The summed E-state index contributed by atoms with van der Waals surface area (Å²) < 4.78 is 18.9. The summed E-state index contributed by atoms with van der Waals surface area (Å²) in [7, 11) is 0. The molecule has 0 aliphatic heterocycles. The van der Waals surface area contributed by atoms with E-state index in [1.54, 1.807) is 12.1 Å². The summed E-state index contributed by atoms with van der Waals surface area (Å²) in [6.45, 7) is 2.05. The average Bonchev–Trinajstić information content (AvgIpc) is 2.65. The molecular weight excluding hydrogens is 313 g/mol. The van der Waals surface area contributed by atoms with Crippen LogP contribution in [0, 0.1) is 5.82 Å². The second kappa shape index (κ2) is 9.00. The summed E-state index contributed by atoms with van der Waals surface area (Å²) in [5, 5.41) is 3.38. The first kappa shape index (κ1) is 17.2. The average molecular weight is 335 g/mol. The lowest BCUT2D eigenvalue weighted by Crippen LogP contribution is -2.14. The van der Waals surface area contributed by atoms with Crippen LogP contribution in [0.3, 0.4) is 0 Å². The van der Waals surface area contributed by atoms with Crippen LogP contribution in [0.4, 0.5) is 4.39 Å². The molecule has 3 rings (SSSR count). The molecule has 1 N–H and O–H groups in total. The molecule has 0 saturated carbocycles. The Balaban J connectivity index is 1.50. The van der Waals surface area contributed by atoms with Crippen LogP contribution < -0.4 is 10.1 Å². The smallest absolute Gasteiger partial charge is 0.123 e. The zero-order chi connectivity index (χ0) is 17.3. The second-order valence-corrected chi connectivity index (χ2v) is 5.92. The number of nitrogens with one attached hydrogen (secondary N) is 1. The van der Waals surface area contributed by atoms with Crippen molar-refractivity contribution < 1.29 is 9.13 Å². The highest BCUT2D eigenvalue weighted by Crippen LogP contribution is 2.18. The van der Waals surface area contributed by atoms with E-state index >= 15 is 0 Å². The largest absolute Gasteiger partial charge is 0.493 e. The van der Waals surface area contributed by atoms with Gasteiger partial charge in [0.15, 0.2) is 0 Å². The molecule has 0 amide bonds. The lowest BCUT2D eigenvalue weighted by atomic mass is 10.1. The number of hydrogen-bond acceptors (Lipinski definition) is 2. The molecule has 0 spiro atoms. The van der Waals surface area contributed by atoms with E-state index in [1.807, 2.05) is 36.4 Å². The Bertz CT molecular complexity index is 772. The van der Waals surface area contributed by atoms with Gasteiger partial charge in [-0.2, -0.15) is 0 Å². The van der Waals surface area contributed by atoms with Crippen molar-refractivity contribution in [2.45, 2.75) is 19.5 Å². The monoisotopic (exact) mass is 335 g/mol. The molecule has 0 unspecified atom stereocenters. The minimum Gasteiger partial charge on any atom is -0.493 e. The zero-order valence-electron chi connectivity index (χ0n) is 14.1.